The summed E-state index contributed by atoms with van der Waals surface area (Å²) in [6, 6.07) is 9.59. The molecule has 0 saturated carbocycles. The van der Waals surface area contributed by atoms with Crippen LogP contribution < -0.4 is 0 Å². The number of hydrogen-bond acceptors (Lipinski definition) is 1. The molecule has 2 aromatic carbocycles. The number of carbonyl (C=O) groups excluding carboxylic acids is 1. The molecule has 0 bridgehead atoms. The largest absolute Gasteiger partial charge is 0.289 e. The first kappa shape index (κ1) is 12.4. The molecule has 0 heterocycles. The lowest BCUT2D eigenvalue weighted by molar-refractivity contribution is 0.103. The lowest BCUT2D eigenvalue weighted by Crippen LogP contribution is -2.03. The third-order valence-electron chi connectivity index (χ3n) is 2.80. The van der Waals surface area contributed by atoms with Gasteiger partial charge in [-0.15, -0.1) is 0 Å². The van der Waals surface area contributed by atoms with Crippen LogP contribution in [0, 0.1) is 11.6 Å². The van der Waals surface area contributed by atoms with Gasteiger partial charge in [-0.2, -0.15) is 0 Å². The van der Waals surface area contributed by atoms with Crippen molar-refractivity contribution in [2.24, 2.45) is 0 Å². The van der Waals surface area contributed by atoms with Crippen LogP contribution in [-0.2, 0) is 6.42 Å². The van der Waals surface area contributed by atoms with Crippen molar-refractivity contribution in [2.75, 3.05) is 0 Å². The maximum absolute atomic E-state index is 13.3. The highest BCUT2D eigenvalue weighted by Gasteiger charge is 2.11. The molecule has 2 aromatic rings. The summed E-state index contributed by atoms with van der Waals surface area (Å²) in [6.45, 7) is 1.82. The molecule has 0 aliphatic rings. The molecule has 0 N–H and O–H groups in total. The highest BCUT2D eigenvalue weighted by atomic mass is 19.1. The van der Waals surface area contributed by atoms with Crippen molar-refractivity contribution in [2.45, 2.75) is 13.3 Å². The van der Waals surface area contributed by atoms with Crippen LogP contribution in [0.2, 0.25) is 0 Å². The average molecular weight is 246 g/mol. The van der Waals surface area contributed by atoms with E-state index in [1.807, 2.05) is 6.92 Å². The summed E-state index contributed by atoms with van der Waals surface area (Å²) in [5, 5.41) is 0. The average Bonchev–Trinajstić information content (AvgIpc) is 2.39. The van der Waals surface area contributed by atoms with Gasteiger partial charge in [0.05, 0.1) is 0 Å². The van der Waals surface area contributed by atoms with Crippen molar-refractivity contribution < 1.29 is 13.6 Å². The first-order valence-corrected chi connectivity index (χ1v) is 5.70. The van der Waals surface area contributed by atoms with Crippen molar-refractivity contribution >= 4 is 5.78 Å². The number of carbonyl (C=O) groups is 1. The zero-order valence-corrected chi connectivity index (χ0v) is 9.91. The van der Waals surface area contributed by atoms with E-state index in [0.717, 1.165) is 0 Å². The van der Waals surface area contributed by atoms with Crippen LogP contribution in [0.25, 0.3) is 0 Å². The minimum atomic E-state index is -0.389. The van der Waals surface area contributed by atoms with Crippen LogP contribution in [-0.4, -0.2) is 5.78 Å². The molecule has 0 spiro atoms. The number of rotatable bonds is 3. The van der Waals surface area contributed by atoms with Crippen molar-refractivity contribution in [1.82, 2.24) is 0 Å². The van der Waals surface area contributed by atoms with Crippen LogP contribution in [0.3, 0.4) is 0 Å². The van der Waals surface area contributed by atoms with Crippen molar-refractivity contribution in [3.8, 4) is 0 Å². The Morgan fingerprint density at radius 3 is 2.22 bits per heavy atom. The molecule has 0 aliphatic heterocycles. The SMILES string of the molecule is CCc1cc(C(=O)c2ccc(F)cc2)ccc1F. The van der Waals surface area contributed by atoms with E-state index in [1.165, 1.54) is 36.4 Å². The lowest BCUT2D eigenvalue weighted by Gasteiger charge is -2.04. The Bertz CT molecular complexity index is 574. The van der Waals surface area contributed by atoms with Gasteiger partial charge in [0, 0.05) is 11.1 Å². The second-order valence-corrected chi connectivity index (χ2v) is 4.00. The van der Waals surface area contributed by atoms with Gasteiger partial charge in [-0.05, 0) is 54.4 Å². The third kappa shape index (κ3) is 2.45. The van der Waals surface area contributed by atoms with Crippen molar-refractivity contribution in [3.05, 3.63) is 70.8 Å². The van der Waals surface area contributed by atoms with Crippen LogP contribution >= 0.6 is 0 Å². The Morgan fingerprint density at radius 2 is 1.61 bits per heavy atom. The zero-order chi connectivity index (χ0) is 13.1. The molecule has 0 aromatic heterocycles. The third-order valence-corrected chi connectivity index (χ3v) is 2.80. The normalized spacial score (nSPS) is 10.4. The monoisotopic (exact) mass is 246 g/mol. The Labute approximate surface area is 104 Å². The summed E-state index contributed by atoms with van der Waals surface area (Å²) in [5.74, 6) is -0.933. The van der Waals surface area contributed by atoms with E-state index in [1.54, 1.807) is 6.07 Å². The predicted molar refractivity (Wildman–Crippen MR) is 65.6 cm³/mol. The van der Waals surface area contributed by atoms with Crippen LogP contribution in [0.1, 0.15) is 28.4 Å². The highest BCUT2D eigenvalue weighted by Crippen LogP contribution is 2.15. The molecule has 0 fully saturated rings. The van der Waals surface area contributed by atoms with Gasteiger partial charge in [0.2, 0.25) is 0 Å². The number of aryl methyl sites for hydroxylation is 1. The fourth-order valence-electron chi connectivity index (χ4n) is 1.75. The maximum Gasteiger partial charge on any atom is 0.193 e. The molecule has 0 saturated heterocycles. The molecule has 0 atom stereocenters. The van der Waals surface area contributed by atoms with E-state index in [4.69, 9.17) is 0 Å². The molecular weight excluding hydrogens is 234 g/mol. The Hall–Kier alpha value is -2.03. The lowest BCUT2D eigenvalue weighted by atomic mass is 10.0. The standard InChI is InChI=1S/C15H12F2O/c1-2-10-9-12(5-8-14(10)17)15(18)11-3-6-13(16)7-4-11/h3-9H,2H2,1H3. The molecule has 92 valence electrons. The molecule has 0 amide bonds. The molecular formula is C15H12F2O. The van der Waals surface area contributed by atoms with Gasteiger partial charge in [0.1, 0.15) is 11.6 Å². The molecule has 0 aliphatic carbocycles. The smallest absolute Gasteiger partial charge is 0.193 e. The first-order chi connectivity index (χ1) is 8.61. The van der Waals surface area contributed by atoms with Gasteiger partial charge >= 0.3 is 0 Å². The summed E-state index contributed by atoms with van der Waals surface area (Å²) in [4.78, 5) is 12.1. The Morgan fingerprint density at radius 1 is 1.00 bits per heavy atom. The van der Waals surface area contributed by atoms with Gasteiger partial charge in [-0.3, -0.25) is 4.79 Å². The van der Waals surface area contributed by atoms with Crippen LogP contribution in [0.4, 0.5) is 8.78 Å². The molecule has 18 heavy (non-hydrogen) atoms. The second kappa shape index (κ2) is 5.08. The summed E-state index contributed by atoms with van der Waals surface area (Å²) in [7, 11) is 0. The molecule has 2 rings (SSSR count). The first-order valence-electron chi connectivity index (χ1n) is 5.70. The Balaban J connectivity index is 2.37. The number of ketones is 1. The number of halogens is 2. The van der Waals surface area contributed by atoms with E-state index < -0.39 is 0 Å². The molecule has 3 heteroatoms. The number of hydrogen-bond donors (Lipinski definition) is 0. The summed E-state index contributed by atoms with van der Waals surface area (Å²) in [5.41, 5.74) is 1.31. The van der Waals surface area contributed by atoms with Gasteiger partial charge in [-0.1, -0.05) is 6.92 Å². The molecule has 0 radical (unpaired) electrons. The van der Waals surface area contributed by atoms with E-state index in [2.05, 4.69) is 0 Å². The fourth-order valence-corrected chi connectivity index (χ4v) is 1.75. The van der Waals surface area contributed by atoms with E-state index >= 15 is 0 Å². The predicted octanol–water partition coefficient (Wildman–Crippen LogP) is 3.76. The molecule has 1 nitrogen and oxygen atoms in total. The minimum Gasteiger partial charge on any atom is -0.289 e. The summed E-state index contributed by atoms with van der Waals surface area (Å²) < 4.78 is 26.1. The summed E-state index contributed by atoms with van der Waals surface area (Å²) in [6.07, 6.45) is 0.524. The van der Waals surface area contributed by atoms with Gasteiger partial charge in [0.15, 0.2) is 5.78 Å². The van der Waals surface area contributed by atoms with E-state index in [9.17, 15) is 13.6 Å². The van der Waals surface area contributed by atoms with Gasteiger partial charge in [-0.25, -0.2) is 8.78 Å². The molecule has 0 unspecified atom stereocenters. The van der Waals surface area contributed by atoms with Gasteiger partial charge < -0.3 is 0 Å². The van der Waals surface area contributed by atoms with Gasteiger partial charge in [0.25, 0.3) is 0 Å². The topological polar surface area (TPSA) is 17.1 Å². The van der Waals surface area contributed by atoms with Crippen LogP contribution in [0.15, 0.2) is 42.5 Å². The summed E-state index contributed by atoms with van der Waals surface area (Å²) >= 11 is 0. The van der Waals surface area contributed by atoms with E-state index in [0.29, 0.717) is 23.1 Å². The van der Waals surface area contributed by atoms with E-state index in [-0.39, 0.29) is 17.4 Å². The fraction of sp³-hybridized carbons (Fsp3) is 0.133. The quantitative estimate of drug-likeness (QED) is 0.754. The van der Waals surface area contributed by atoms with Crippen molar-refractivity contribution in [1.29, 1.82) is 0 Å². The Kier molecular flexibility index (Phi) is 3.51. The maximum atomic E-state index is 13.3. The van der Waals surface area contributed by atoms with Crippen LogP contribution in [0.5, 0.6) is 0 Å². The highest BCUT2D eigenvalue weighted by molar-refractivity contribution is 6.09. The zero-order valence-electron chi connectivity index (χ0n) is 9.91. The van der Waals surface area contributed by atoms with Crippen molar-refractivity contribution in [3.63, 3.8) is 0 Å². The second-order valence-electron chi connectivity index (χ2n) is 4.00. The minimum absolute atomic E-state index is 0.232. The number of benzene rings is 2.